The molecule has 0 aliphatic heterocycles. The number of carbonyl (C=O) groups excluding carboxylic acids is 2. The molecular weight excluding hydrogens is 521 g/mol. The minimum Gasteiger partial charge on any atom is -0.354 e. The van der Waals surface area contributed by atoms with Gasteiger partial charge in [0.15, 0.2) is 0 Å². The summed E-state index contributed by atoms with van der Waals surface area (Å²) in [7, 11) is -3.54. The van der Waals surface area contributed by atoms with E-state index in [2.05, 4.69) is 5.32 Å². The van der Waals surface area contributed by atoms with E-state index < -0.39 is 16.1 Å². The van der Waals surface area contributed by atoms with Crippen molar-refractivity contribution in [1.29, 1.82) is 0 Å². The first-order valence-electron chi connectivity index (χ1n) is 12.0. The Kier molecular flexibility index (Phi) is 11.5. The lowest BCUT2D eigenvalue weighted by molar-refractivity contribution is -0.141. The van der Waals surface area contributed by atoms with Crippen LogP contribution in [0.25, 0.3) is 0 Å². The van der Waals surface area contributed by atoms with Crippen molar-refractivity contribution in [3.8, 4) is 0 Å². The Morgan fingerprint density at radius 3 is 2.17 bits per heavy atom. The summed E-state index contributed by atoms with van der Waals surface area (Å²) in [6, 6.07) is 11.6. The lowest BCUT2D eigenvalue weighted by atomic mass is 10.1. The summed E-state index contributed by atoms with van der Waals surface area (Å²) in [6.45, 7) is 6.43. The lowest BCUT2D eigenvalue weighted by Crippen LogP contribution is -2.49. The van der Waals surface area contributed by atoms with Crippen LogP contribution in [0, 0.1) is 6.92 Å². The fraction of sp³-hybridized carbons (Fsp3) is 0.462. The van der Waals surface area contributed by atoms with Crippen molar-refractivity contribution in [2.75, 3.05) is 23.7 Å². The van der Waals surface area contributed by atoms with E-state index in [-0.39, 0.29) is 37.7 Å². The molecule has 10 heteroatoms. The monoisotopic (exact) mass is 555 g/mol. The van der Waals surface area contributed by atoms with Crippen molar-refractivity contribution in [3.05, 3.63) is 63.6 Å². The molecule has 0 heterocycles. The highest BCUT2D eigenvalue weighted by molar-refractivity contribution is 7.92. The molecule has 0 fully saturated rings. The number of nitrogens with zero attached hydrogens (tertiary/aromatic N) is 2. The molecule has 2 rings (SSSR count). The number of anilines is 1. The number of halogens is 2. The summed E-state index contributed by atoms with van der Waals surface area (Å²) in [5.74, 6) is -0.518. The summed E-state index contributed by atoms with van der Waals surface area (Å²) in [4.78, 5) is 27.9. The molecule has 0 aliphatic rings. The van der Waals surface area contributed by atoms with E-state index in [9.17, 15) is 18.0 Å². The highest BCUT2D eigenvalue weighted by Gasteiger charge is 2.29. The molecule has 0 saturated heterocycles. The standard InChI is InChI=1S/C26H35Cl2N3O4S/c1-5-16-29-26(33)24(6-2)30(18-21-22(27)9-7-10-23(21)28)25(32)11-8-17-31(36(4,34)35)20-14-12-19(3)13-15-20/h7,9-10,12-15,24H,5-6,8,11,16-18H2,1-4H3,(H,29,33). The first-order chi connectivity index (χ1) is 17.0. The highest BCUT2D eigenvalue weighted by atomic mass is 35.5. The number of sulfonamides is 1. The third-order valence-electron chi connectivity index (χ3n) is 5.80. The number of hydrogen-bond acceptors (Lipinski definition) is 4. The van der Waals surface area contributed by atoms with Crippen LogP contribution in [0.2, 0.25) is 10.0 Å². The Morgan fingerprint density at radius 1 is 1.03 bits per heavy atom. The molecule has 0 spiro atoms. The Hall–Kier alpha value is -2.29. The Balaban J connectivity index is 2.25. The fourth-order valence-electron chi connectivity index (χ4n) is 3.85. The molecule has 0 saturated carbocycles. The van der Waals surface area contributed by atoms with Crippen LogP contribution >= 0.6 is 23.2 Å². The summed E-state index contributed by atoms with van der Waals surface area (Å²) >= 11 is 12.7. The second-order valence-corrected chi connectivity index (χ2v) is 11.4. The van der Waals surface area contributed by atoms with Gasteiger partial charge in [-0.05, 0) is 50.5 Å². The Morgan fingerprint density at radius 2 is 1.64 bits per heavy atom. The maximum absolute atomic E-state index is 13.5. The van der Waals surface area contributed by atoms with Crippen LogP contribution in [0.5, 0.6) is 0 Å². The van der Waals surface area contributed by atoms with Crippen LogP contribution in [-0.4, -0.2) is 50.5 Å². The molecule has 198 valence electrons. The molecule has 2 aromatic rings. The maximum Gasteiger partial charge on any atom is 0.242 e. The number of aryl methyl sites for hydroxylation is 1. The van der Waals surface area contributed by atoms with Gasteiger partial charge in [0.05, 0.1) is 11.9 Å². The van der Waals surface area contributed by atoms with Gasteiger partial charge in [0, 0.05) is 41.7 Å². The molecule has 2 amide bonds. The number of carbonyl (C=O) groups is 2. The van der Waals surface area contributed by atoms with Crippen molar-refractivity contribution in [1.82, 2.24) is 10.2 Å². The summed E-state index contributed by atoms with van der Waals surface area (Å²) in [6.07, 6.45) is 2.65. The van der Waals surface area contributed by atoms with Crippen LogP contribution in [0.4, 0.5) is 5.69 Å². The van der Waals surface area contributed by atoms with E-state index >= 15 is 0 Å². The zero-order valence-electron chi connectivity index (χ0n) is 21.3. The molecule has 0 aromatic heterocycles. The van der Waals surface area contributed by atoms with Crippen LogP contribution in [0.15, 0.2) is 42.5 Å². The van der Waals surface area contributed by atoms with Gasteiger partial charge < -0.3 is 10.2 Å². The molecule has 36 heavy (non-hydrogen) atoms. The first-order valence-corrected chi connectivity index (χ1v) is 14.6. The van der Waals surface area contributed by atoms with Gasteiger partial charge in [0.1, 0.15) is 6.04 Å². The van der Waals surface area contributed by atoms with Crippen molar-refractivity contribution in [2.45, 2.75) is 59.0 Å². The van der Waals surface area contributed by atoms with E-state index in [0.717, 1.165) is 18.2 Å². The average Bonchev–Trinajstić information content (AvgIpc) is 2.82. The van der Waals surface area contributed by atoms with Crippen LogP contribution < -0.4 is 9.62 Å². The van der Waals surface area contributed by atoms with Gasteiger partial charge in [0.2, 0.25) is 21.8 Å². The fourth-order valence-corrected chi connectivity index (χ4v) is 5.34. The molecule has 7 nitrogen and oxygen atoms in total. The van der Waals surface area contributed by atoms with E-state index in [1.807, 2.05) is 32.9 Å². The Labute approximate surface area is 224 Å². The SMILES string of the molecule is CCCNC(=O)C(CC)N(Cc1c(Cl)cccc1Cl)C(=O)CCCN(c1ccc(C)cc1)S(C)(=O)=O. The van der Waals surface area contributed by atoms with Gasteiger partial charge in [-0.15, -0.1) is 0 Å². The largest absolute Gasteiger partial charge is 0.354 e. The zero-order chi connectivity index (χ0) is 26.9. The molecule has 1 N–H and O–H groups in total. The lowest BCUT2D eigenvalue weighted by Gasteiger charge is -2.31. The van der Waals surface area contributed by atoms with Gasteiger partial charge >= 0.3 is 0 Å². The molecule has 0 aliphatic carbocycles. The van der Waals surface area contributed by atoms with E-state index in [1.54, 1.807) is 30.3 Å². The van der Waals surface area contributed by atoms with Crippen molar-refractivity contribution < 1.29 is 18.0 Å². The van der Waals surface area contributed by atoms with Crippen LogP contribution in [-0.2, 0) is 26.2 Å². The molecule has 1 atom stereocenters. The van der Waals surface area contributed by atoms with E-state index in [1.165, 1.54) is 9.21 Å². The predicted octanol–water partition coefficient (Wildman–Crippen LogP) is 5.18. The molecular formula is C26H35Cl2N3O4S. The summed E-state index contributed by atoms with van der Waals surface area (Å²) in [5.41, 5.74) is 2.12. The zero-order valence-corrected chi connectivity index (χ0v) is 23.6. The van der Waals surface area contributed by atoms with Gasteiger partial charge in [-0.3, -0.25) is 13.9 Å². The second kappa shape index (κ2) is 13.9. The summed E-state index contributed by atoms with van der Waals surface area (Å²) < 4.78 is 26.2. The summed E-state index contributed by atoms with van der Waals surface area (Å²) in [5, 5.41) is 3.69. The third-order valence-corrected chi connectivity index (χ3v) is 7.70. The van der Waals surface area contributed by atoms with Crippen molar-refractivity contribution in [3.63, 3.8) is 0 Å². The minimum atomic E-state index is -3.54. The van der Waals surface area contributed by atoms with Crippen LogP contribution in [0.3, 0.4) is 0 Å². The quantitative estimate of drug-likeness (QED) is 0.368. The van der Waals surface area contributed by atoms with Crippen molar-refractivity contribution in [2.24, 2.45) is 0 Å². The highest BCUT2D eigenvalue weighted by Crippen LogP contribution is 2.27. The number of benzene rings is 2. The van der Waals surface area contributed by atoms with Gasteiger partial charge in [-0.1, -0.05) is 60.8 Å². The van der Waals surface area contributed by atoms with E-state index in [0.29, 0.717) is 34.3 Å². The number of rotatable bonds is 13. The second-order valence-electron chi connectivity index (χ2n) is 8.71. The molecule has 1 unspecified atom stereocenters. The van der Waals surface area contributed by atoms with Crippen molar-refractivity contribution >= 4 is 50.7 Å². The molecule has 0 bridgehead atoms. The van der Waals surface area contributed by atoms with Gasteiger partial charge in [0.25, 0.3) is 0 Å². The van der Waals surface area contributed by atoms with Gasteiger partial charge in [-0.25, -0.2) is 8.42 Å². The topological polar surface area (TPSA) is 86.8 Å². The maximum atomic E-state index is 13.5. The molecule has 0 radical (unpaired) electrons. The number of amides is 2. The van der Waals surface area contributed by atoms with E-state index in [4.69, 9.17) is 23.2 Å². The van der Waals surface area contributed by atoms with Gasteiger partial charge in [-0.2, -0.15) is 0 Å². The Bertz CT molecular complexity index is 1120. The first kappa shape index (κ1) is 29.9. The minimum absolute atomic E-state index is 0.0531. The average molecular weight is 557 g/mol. The number of nitrogens with one attached hydrogen (secondary N) is 1. The smallest absolute Gasteiger partial charge is 0.242 e. The number of hydrogen-bond donors (Lipinski definition) is 1. The third kappa shape index (κ3) is 8.39. The normalized spacial score (nSPS) is 12.2. The predicted molar refractivity (Wildman–Crippen MR) is 147 cm³/mol. The molecule has 2 aromatic carbocycles. The van der Waals surface area contributed by atoms with Crippen LogP contribution in [0.1, 0.15) is 50.7 Å².